The SMILES string of the molecule is CCCCC/C=C\C/C=C\C/C=C\CCCCCCCCCCCCC(=O)NC(COP(=O)(O)OCC[N+](C)(C)C)C(/C=C\CCCCCCCCCCC)OC(=O)CCCCCCCC/C=C/C=C/CCCCC. The van der Waals surface area contributed by atoms with E-state index in [0.29, 0.717) is 17.4 Å². The number of hydrogen-bond acceptors (Lipinski definition) is 6. The van der Waals surface area contributed by atoms with Gasteiger partial charge in [0.2, 0.25) is 5.91 Å². The monoisotopic (exact) mass is 1070 g/mol. The Morgan fingerprint density at radius 3 is 1.32 bits per heavy atom. The topological polar surface area (TPSA) is 111 Å². The summed E-state index contributed by atoms with van der Waals surface area (Å²) in [6.07, 6.45) is 70.4. The summed E-state index contributed by atoms with van der Waals surface area (Å²) in [7, 11) is 1.48. The van der Waals surface area contributed by atoms with E-state index in [4.69, 9.17) is 13.8 Å². The van der Waals surface area contributed by atoms with Crippen LogP contribution in [0.5, 0.6) is 0 Å². The van der Waals surface area contributed by atoms with Crippen molar-refractivity contribution in [2.24, 2.45) is 0 Å². The van der Waals surface area contributed by atoms with Crippen molar-refractivity contribution in [2.45, 2.75) is 290 Å². The standard InChI is InChI=1S/C65H119N2O7P/c1-7-10-13-16-19-22-25-27-29-30-31-32-33-34-35-36-38-39-42-45-48-51-54-57-64(68)66-62(61-73-75(70,71)72-60-59-67(4,5)6)63(56-53-50-47-44-41-24-21-18-15-12-9-3)74-65(69)58-55-52-49-46-43-40-37-28-26-23-20-17-14-11-8-2/h19-20,22-23,26-29,31-32,53,56,62-63H,7-18,21,24-25,30,33-52,54-55,57-61H2,1-6H3,(H-,66,68,70,71)/p+1/b22-19-,23-20+,28-26+,29-27-,32-31-,56-53-. The summed E-state index contributed by atoms with van der Waals surface area (Å²) >= 11 is 0. The molecule has 3 unspecified atom stereocenters. The van der Waals surface area contributed by atoms with Crippen LogP contribution >= 0.6 is 7.82 Å². The average Bonchev–Trinajstić information content (AvgIpc) is 3.37. The molecule has 0 bridgehead atoms. The maximum atomic E-state index is 13.5. The second kappa shape index (κ2) is 54.8. The Kier molecular flexibility index (Phi) is 52.9. The normalized spacial score (nSPS) is 14.2. The fraction of sp³-hybridized carbons (Fsp3) is 0.785. The van der Waals surface area contributed by atoms with Gasteiger partial charge in [0, 0.05) is 12.8 Å². The number of rotatable bonds is 56. The molecule has 0 aromatic rings. The van der Waals surface area contributed by atoms with Crippen molar-refractivity contribution in [3.05, 3.63) is 72.9 Å². The predicted octanol–water partition coefficient (Wildman–Crippen LogP) is 19.2. The average molecular weight is 1070 g/mol. The van der Waals surface area contributed by atoms with E-state index in [1.807, 2.05) is 33.3 Å². The van der Waals surface area contributed by atoms with Crippen molar-refractivity contribution in [2.75, 3.05) is 40.9 Å². The zero-order valence-corrected chi connectivity index (χ0v) is 50.7. The van der Waals surface area contributed by atoms with E-state index in [9.17, 15) is 19.0 Å². The molecule has 0 heterocycles. The number of allylic oxidation sites excluding steroid dienone is 11. The van der Waals surface area contributed by atoms with Gasteiger partial charge in [0.15, 0.2) is 0 Å². The smallest absolute Gasteiger partial charge is 0.456 e. The molecule has 0 saturated heterocycles. The highest BCUT2D eigenvalue weighted by molar-refractivity contribution is 7.47. The summed E-state index contributed by atoms with van der Waals surface area (Å²) < 4.78 is 30.7. The summed E-state index contributed by atoms with van der Waals surface area (Å²) in [4.78, 5) is 37.7. The van der Waals surface area contributed by atoms with E-state index in [0.717, 1.165) is 89.9 Å². The van der Waals surface area contributed by atoms with Gasteiger partial charge in [-0.25, -0.2) is 4.57 Å². The molecule has 0 rings (SSSR count). The van der Waals surface area contributed by atoms with Crippen molar-refractivity contribution < 1.29 is 37.3 Å². The third kappa shape index (κ3) is 56.0. The molecule has 0 radical (unpaired) electrons. The Morgan fingerprint density at radius 2 is 0.853 bits per heavy atom. The van der Waals surface area contributed by atoms with Crippen LogP contribution in [0.1, 0.15) is 278 Å². The van der Waals surface area contributed by atoms with Gasteiger partial charge in [-0.15, -0.1) is 0 Å². The van der Waals surface area contributed by atoms with Gasteiger partial charge in [0.25, 0.3) is 0 Å². The zero-order valence-electron chi connectivity index (χ0n) is 49.8. The lowest BCUT2D eigenvalue weighted by molar-refractivity contribution is -0.870. The van der Waals surface area contributed by atoms with Crippen molar-refractivity contribution in [1.29, 1.82) is 0 Å². The van der Waals surface area contributed by atoms with Gasteiger partial charge < -0.3 is 19.4 Å². The lowest BCUT2D eigenvalue weighted by atomic mass is 10.0. The number of carbonyl (C=O) groups is 2. The first kappa shape index (κ1) is 72.5. The maximum absolute atomic E-state index is 13.5. The molecule has 436 valence electrons. The van der Waals surface area contributed by atoms with Gasteiger partial charge >= 0.3 is 13.8 Å². The number of likely N-dealkylation sites (N-methyl/N-ethyl adjacent to an activating group) is 1. The molecule has 0 aliphatic carbocycles. The summed E-state index contributed by atoms with van der Waals surface area (Å²) in [6.45, 7) is 6.95. The van der Waals surface area contributed by atoms with Crippen LogP contribution in [-0.2, 0) is 27.9 Å². The number of nitrogens with zero attached hydrogens (tertiary/aromatic N) is 1. The molecular formula is C65H120N2O7P+. The first-order valence-electron chi connectivity index (χ1n) is 31.3. The summed E-state index contributed by atoms with van der Waals surface area (Å²) in [5, 5.41) is 3.05. The molecule has 0 aromatic heterocycles. The largest absolute Gasteiger partial charge is 0.472 e. The molecule has 10 heteroatoms. The number of nitrogens with one attached hydrogen (secondary N) is 1. The highest BCUT2D eigenvalue weighted by atomic mass is 31.2. The minimum absolute atomic E-state index is 0.0353. The molecule has 2 N–H and O–H groups in total. The summed E-state index contributed by atoms with van der Waals surface area (Å²) in [5.74, 6) is -0.522. The van der Waals surface area contributed by atoms with Crippen molar-refractivity contribution in [1.82, 2.24) is 5.32 Å². The van der Waals surface area contributed by atoms with E-state index in [1.165, 1.54) is 154 Å². The van der Waals surface area contributed by atoms with Crippen LogP contribution in [0.4, 0.5) is 0 Å². The Hall–Kier alpha value is -2.55. The van der Waals surface area contributed by atoms with Gasteiger partial charge in [-0.3, -0.25) is 18.6 Å². The quantitative estimate of drug-likeness (QED) is 0.0156. The number of hydrogen-bond donors (Lipinski definition) is 2. The number of unbranched alkanes of at least 4 members (excludes halogenated alkanes) is 31. The Bertz CT molecular complexity index is 1510. The number of ether oxygens (including phenoxy) is 1. The van der Waals surface area contributed by atoms with Gasteiger partial charge in [0.1, 0.15) is 19.3 Å². The van der Waals surface area contributed by atoms with Crippen molar-refractivity contribution in [3.8, 4) is 0 Å². The highest BCUT2D eigenvalue weighted by Crippen LogP contribution is 2.43. The summed E-state index contributed by atoms with van der Waals surface area (Å²) in [5.41, 5.74) is 0. The number of quaternary nitrogens is 1. The lowest BCUT2D eigenvalue weighted by Crippen LogP contribution is -2.47. The molecule has 0 aliphatic heterocycles. The van der Waals surface area contributed by atoms with Crippen LogP contribution in [0.3, 0.4) is 0 Å². The van der Waals surface area contributed by atoms with Gasteiger partial charge in [-0.1, -0.05) is 242 Å². The number of phosphoric ester groups is 1. The van der Waals surface area contributed by atoms with Crippen LogP contribution < -0.4 is 5.32 Å². The molecule has 0 aromatic carbocycles. The van der Waals surface area contributed by atoms with Crippen molar-refractivity contribution >= 4 is 19.7 Å². The zero-order chi connectivity index (χ0) is 55.0. The van der Waals surface area contributed by atoms with Crippen LogP contribution in [0.2, 0.25) is 0 Å². The number of phosphoric acid groups is 1. The Morgan fingerprint density at radius 1 is 0.480 bits per heavy atom. The Balaban J connectivity index is 5.18. The molecule has 0 spiro atoms. The number of amides is 1. The first-order valence-corrected chi connectivity index (χ1v) is 32.8. The van der Waals surface area contributed by atoms with Crippen LogP contribution in [0.15, 0.2) is 72.9 Å². The van der Waals surface area contributed by atoms with Gasteiger partial charge in [-0.2, -0.15) is 0 Å². The van der Waals surface area contributed by atoms with E-state index in [2.05, 4.69) is 86.8 Å². The van der Waals surface area contributed by atoms with E-state index in [1.54, 1.807) is 0 Å². The Labute approximate surface area is 463 Å². The molecule has 0 saturated carbocycles. The van der Waals surface area contributed by atoms with Crippen LogP contribution in [0.25, 0.3) is 0 Å². The van der Waals surface area contributed by atoms with E-state index >= 15 is 0 Å². The van der Waals surface area contributed by atoms with Gasteiger partial charge in [0.05, 0.1) is 33.8 Å². The summed E-state index contributed by atoms with van der Waals surface area (Å²) in [6, 6.07) is -0.857. The third-order valence-corrected chi connectivity index (χ3v) is 14.6. The fourth-order valence-electron chi connectivity index (χ4n) is 8.76. The predicted molar refractivity (Wildman–Crippen MR) is 323 cm³/mol. The van der Waals surface area contributed by atoms with Crippen LogP contribution in [0, 0.1) is 0 Å². The fourth-order valence-corrected chi connectivity index (χ4v) is 9.50. The van der Waals surface area contributed by atoms with Crippen LogP contribution in [-0.4, -0.2) is 74.3 Å². The lowest BCUT2D eigenvalue weighted by Gasteiger charge is -2.27. The third-order valence-electron chi connectivity index (χ3n) is 13.6. The van der Waals surface area contributed by atoms with Crippen molar-refractivity contribution in [3.63, 3.8) is 0 Å². The molecule has 9 nitrogen and oxygen atoms in total. The minimum atomic E-state index is -4.45. The molecular weight excluding hydrogens is 952 g/mol. The van der Waals surface area contributed by atoms with E-state index in [-0.39, 0.29) is 31.5 Å². The number of esters is 1. The molecule has 3 atom stereocenters. The molecule has 75 heavy (non-hydrogen) atoms. The second-order valence-electron chi connectivity index (χ2n) is 22.3. The van der Waals surface area contributed by atoms with Gasteiger partial charge in [-0.05, 0) is 96.0 Å². The minimum Gasteiger partial charge on any atom is -0.456 e. The number of carbonyl (C=O) groups excluding carboxylic acids is 2. The highest BCUT2D eigenvalue weighted by Gasteiger charge is 2.30. The first-order chi connectivity index (χ1) is 36.4. The molecule has 1 amide bonds. The maximum Gasteiger partial charge on any atom is 0.472 e. The molecule has 0 fully saturated rings. The van der Waals surface area contributed by atoms with E-state index < -0.39 is 20.0 Å². The molecule has 0 aliphatic rings. The second-order valence-corrected chi connectivity index (χ2v) is 23.7.